The molecule has 2 rings (SSSR count). The quantitative estimate of drug-likeness (QED) is 0.570. The van der Waals surface area contributed by atoms with Crippen molar-refractivity contribution in [2.45, 2.75) is 25.4 Å². The van der Waals surface area contributed by atoms with E-state index < -0.39 is 11.0 Å². The van der Waals surface area contributed by atoms with E-state index in [4.69, 9.17) is 4.74 Å². The van der Waals surface area contributed by atoms with Crippen LogP contribution in [0, 0.1) is 10.1 Å². The molecule has 0 saturated carbocycles. The number of rotatable bonds is 2. The van der Waals surface area contributed by atoms with E-state index in [1.807, 2.05) is 0 Å². The molecule has 7 heteroatoms. The zero-order valence-electron chi connectivity index (χ0n) is 9.46. The summed E-state index contributed by atoms with van der Waals surface area (Å²) in [6, 6.07) is 0. The Bertz CT molecular complexity index is 454. The van der Waals surface area contributed by atoms with Crippen LogP contribution in [0.5, 0.6) is 0 Å². The summed E-state index contributed by atoms with van der Waals surface area (Å²) in [5, 5.41) is 14.7. The summed E-state index contributed by atoms with van der Waals surface area (Å²) in [4.78, 5) is 21.6. The Labute approximate surface area is 97.5 Å². The molecule has 1 saturated heterocycles. The highest BCUT2D eigenvalue weighted by atomic mass is 16.6. The average molecular weight is 239 g/mol. The number of nitrogens with zero attached hydrogens (tertiary/aromatic N) is 3. The van der Waals surface area contributed by atoms with Crippen molar-refractivity contribution >= 4 is 11.5 Å². The van der Waals surface area contributed by atoms with Crippen molar-refractivity contribution < 1.29 is 14.5 Å². The van der Waals surface area contributed by atoms with Crippen LogP contribution in [-0.2, 0) is 16.6 Å². The maximum absolute atomic E-state index is 11.3. The predicted octanol–water partition coefficient (Wildman–Crippen LogP) is 1.14. The molecular weight excluding hydrogens is 226 g/mol. The summed E-state index contributed by atoms with van der Waals surface area (Å²) < 4.78 is 6.95. The molecule has 0 N–H and O–H groups in total. The maximum Gasteiger partial charge on any atom is 0.312 e. The highest BCUT2D eigenvalue weighted by Gasteiger charge is 2.29. The second-order valence-electron chi connectivity index (χ2n) is 3.98. The topological polar surface area (TPSA) is 87.3 Å². The van der Waals surface area contributed by atoms with E-state index in [0.29, 0.717) is 31.6 Å². The van der Waals surface area contributed by atoms with Crippen LogP contribution in [0.4, 0.5) is 5.69 Å². The number of aryl methyl sites for hydroxylation is 1. The summed E-state index contributed by atoms with van der Waals surface area (Å²) in [7, 11) is 1.64. The van der Waals surface area contributed by atoms with Crippen molar-refractivity contribution in [3.63, 3.8) is 0 Å². The van der Waals surface area contributed by atoms with Crippen molar-refractivity contribution in [1.29, 1.82) is 0 Å². The van der Waals surface area contributed by atoms with E-state index in [0.717, 1.165) is 0 Å². The molecule has 17 heavy (non-hydrogen) atoms. The van der Waals surface area contributed by atoms with Crippen molar-refractivity contribution in [3.05, 3.63) is 22.0 Å². The Morgan fingerprint density at radius 1 is 1.59 bits per heavy atom. The largest absolute Gasteiger partial charge is 0.371 e. The molecule has 0 aliphatic carbocycles. The first-order valence-electron chi connectivity index (χ1n) is 5.39. The fourth-order valence-corrected chi connectivity index (χ4v) is 1.98. The van der Waals surface area contributed by atoms with Crippen molar-refractivity contribution in [1.82, 2.24) is 9.78 Å². The van der Waals surface area contributed by atoms with Crippen molar-refractivity contribution in [2.24, 2.45) is 7.05 Å². The Morgan fingerprint density at radius 3 is 3.06 bits per heavy atom. The number of ether oxygens (including phenoxy) is 1. The van der Waals surface area contributed by atoms with Gasteiger partial charge in [0.05, 0.1) is 11.5 Å². The van der Waals surface area contributed by atoms with E-state index in [1.165, 1.54) is 10.9 Å². The highest BCUT2D eigenvalue weighted by Crippen LogP contribution is 2.31. The summed E-state index contributed by atoms with van der Waals surface area (Å²) in [6.45, 7) is 0.311. The van der Waals surface area contributed by atoms with Gasteiger partial charge in [-0.2, -0.15) is 5.10 Å². The fraction of sp³-hybridized carbons (Fsp3) is 0.600. The zero-order chi connectivity index (χ0) is 12.4. The standard InChI is InChI=1S/C10H13N3O4/c1-12-10(8(6-11-12)13(15)16)9-3-2-7(14)4-5-17-9/h6,9H,2-5H2,1H3. The van der Waals surface area contributed by atoms with E-state index in [1.54, 1.807) is 7.05 Å². The average Bonchev–Trinajstić information content (AvgIpc) is 2.52. The third-order valence-corrected chi connectivity index (χ3v) is 2.85. The van der Waals surface area contributed by atoms with Crippen molar-refractivity contribution in [2.75, 3.05) is 6.61 Å². The van der Waals surface area contributed by atoms with Gasteiger partial charge in [-0.3, -0.25) is 19.6 Å². The monoisotopic (exact) mass is 239 g/mol. The van der Waals surface area contributed by atoms with Gasteiger partial charge in [-0.15, -0.1) is 0 Å². The molecule has 0 amide bonds. The smallest absolute Gasteiger partial charge is 0.312 e. The molecule has 1 aliphatic rings. The fourth-order valence-electron chi connectivity index (χ4n) is 1.98. The minimum atomic E-state index is -0.474. The minimum Gasteiger partial charge on any atom is -0.371 e. The number of nitro groups is 1. The Balaban J connectivity index is 2.29. The third-order valence-electron chi connectivity index (χ3n) is 2.85. The zero-order valence-corrected chi connectivity index (χ0v) is 9.46. The number of carbonyl (C=O) groups excluding carboxylic acids is 1. The van der Waals surface area contributed by atoms with E-state index in [2.05, 4.69) is 5.10 Å². The van der Waals surface area contributed by atoms with Crippen LogP contribution in [0.3, 0.4) is 0 Å². The van der Waals surface area contributed by atoms with Crippen LogP contribution in [0.25, 0.3) is 0 Å². The van der Waals surface area contributed by atoms with Crippen LogP contribution in [0.1, 0.15) is 31.1 Å². The van der Waals surface area contributed by atoms with Crippen LogP contribution in [0.15, 0.2) is 6.20 Å². The molecule has 0 aromatic carbocycles. The molecule has 7 nitrogen and oxygen atoms in total. The molecule has 1 fully saturated rings. The second kappa shape index (κ2) is 4.62. The van der Waals surface area contributed by atoms with Gasteiger partial charge in [-0.05, 0) is 6.42 Å². The lowest BCUT2D eigenvalue weighted by Gasteiger charge is -2.13. The molecule has 0 radical (unpaired) electrons. The van der Waals surface area contributed by atoms with E-state index in [-0.39, 0.29) is 11.5 Å². The molecule has 1 aromatic heterocycles. The second-order valence-corrected chi connectivity index (χ2v) is 3.98. The van der Waals surface area contributed by atoms with Crippen LogP contribution in [0.2, 0.25) is 0 Å². The lowest BCUT2D eigenvalue weighted by atomic mass is 10.1. The molecule has 1 atom stereocenters. The molecule has 0 spiro atoms. The number of Topliss-reactive ketones (excluding diaryl/α,β-unsaturated/α-hetero) is 1. The lowest BCUT2D eigenvalue weighted by molar-refractivity contribution is -0.386. The molecule has 2 heterocycles. The van der Waals surface area contributed by atoms with Crippen molar-refractivity contribution in [3.8, 4) is 0 Å². The predicted molar refractivity (Wildman–Crippen MR) is 57.4 cm³/mol. The Morgan fingerprint density at radius 2 is 2.35 bits per heavy atom. The van der Waals surface area contributed by atoms with Gasteiger partial charge in [0.25, 0.3) is 0 Å². The number of carbonyl (C=O) groups is 1. The van der Waals surface area contributed by atoms with Gasteiger partial charge in [-0.1, -0.05) is 0 Å². The first-order valence-corrected chi connectivity index (χ1v) is 5.39. The number of ketones is 1. The van der Waals surface area contributed by atoms with E-state index in [9.17, 15) is 14.9 Å². The summed E-state index contributed by atoms with van der Waals surface area (Å²) in [5.41, 5.74) is 0.386. The minimum absolute atomic E-state index is 0.0492. The molecule has 92 valence electrons. The first kappa shape index (κ1) is 11.7. The Hall–Kier alpha value is -1.76. The van der Waals surface area contributed by atoms with E-state index >= 15 is 0 Å². The maximum atomic E-state index is 11.3. The molecule has 1 unspecified atom stereocenters. The molecule has 1 aromatic rings. The van der Waals surface area contributed by atoms with Gasteiger partial charge in [0.15, 0.2) is 0 Å². The van der Waals surface area contributed by atoms with Crippen LogP contribution in [-0.4, -0.2) is 27.1 Å². The highest BCUT2D eigenvalue weighted by molar-refractivity contribution is 5.78. The van der Waals surface area contributed by atoms with Gasteiger partial charge in [0.2, 0.25) is 0 Å². The number of hydrogen-bond donors (Lipinski definition) is 0. The summed E-state index contributed by atoms with van der Waals surface area (Å²) in [5.74, 6) is 0.136. The normalized spacial score (nSPS) is 21.2. The third kappa shape index (κ3) is 2.33. The summed E-state index contributed by atoms with van der Waals surface area (Å²) in [6.07, 6.45) is 2.04. The van der Waals surface area contributed by atoms with Gasteiger partial charge in [0, 0.05) is 19.9 Å². The number of aromatic nitrogens is 2. The van der Waals surface area contributed by atoms with Crippen LogP contribution < -0.4 is 0 Å². The molecular formula is C10H13N3O4. The number of hydrogen-bond acceptors (Lipinski definition) is 5. The molecule has 1 aliphatic heterocycles. The lowest BCUT2D eigenvalue weighted by Crippen LogP contribution is -2.10. The molecule has 0 bridgehead atoms. The van der Waals surface area contributed by atoms with Gasteiger partial charge >= 0.3 is 5.69 Å². The Kier molecular flexibility index (Phi) is 3.19. The van der Waals surface area contributed by atoms with Gasteiger partial charge < -0.3 is 4.74 Å². The van der Waals surface area contributed by atoms with Gasteiger partial charge in [0.1, 0.15) is 23.8 Å². The SMILES string of the molecule is Cn1ncc([N+](=O)[O-])c1C1CCC(=O)CCO1. The first-order chi connectivity index (χ1) is 8.09. The summed E-state index contributed by atoms with van der Waals surface area (Å²) >= 11 is 0. The van der Waals surface area contributed by atoms with Crippen LogP contribution >= 0.6 is 0 Å². The van der Waals surface area contributed by atoms with Gasteiger partial charge in [-0.25, -0.2) is 0 Å².